The topological polar surface area (TPSA) is 75.7 Å². The molecule has 0 aromatic heterocycles. The van der Waals surface area contributed by atoms with Gasteiger partial charge in [-0.25, -0.2) is 4.79 Å². The van der Waals surface area contributed by atoms with Crippen LogP contribution >= 0.6 is 0 Å². The number of carbonyl (C=O) groups excluding carboxylic acids is 3. The molecule has 2 aliphatic carbocycles. The SMILES string of the molecule is CC(C)/C=C1\C2C=CC1[C@@H]1C(=O)N(CCNC(=O)OC(C)(C)C)C(=O)[C@H]21. The Labute approximate surface area is 154 Å². The van der Waals surface area contributed by atoms with Crippen molar-refractivity contribution in [3.05, 3.63) is 23.8 Å². The second kappa shape index (κ2) is 6.56. The fourth-order valence-corrected chi connectivity index (χ4v) is 4.28. The largest absolute Gasteiger partial charge is 0.444 e. The standard InChI is InChI=1S/C20H28N2O4/c1-11(2)10-14-12-6-7-13(14)16-15(12)17(23)22(18(16)24)9-8-21-19(25)26-20(3,4)5/h6-7,10-13,15-16H,8-9H2,1-5H3,(H,21,25)/b14-10-/t12?,13?,15-,16+/m0/s1. The molecule has 1 saturated carbocycles. The summed E-state index contributed by atoms with van der Waals surface area (Å²) in [5.41, 5.74) is 0.646. The molecule has 1 N–H and O–H groups in total. The minimum atomic E-state index is -0.579. The van der Waals surface area contributed by atoms with Gasteiger partial charge in [0.05, 0.1) is 11.8 Å². The van der Waals surface area contributed by atoms with Crippen LogP contribution in [0.2, 0.25) is 0 Å². The zero-order valence-corrected chi connectivity index (χ0v) is 16.1. The fourth-order valence-electron chi connectivity index (χ4n) is 4.28. The summed E-state index contributed by atoms with van der Waals surface area (Å²) in [6.45, 7) is 9.96. The minimum Gasteiger partial charge on any atom is -0.444 e. The van der Waals surface area contributed by atoms with Crippen molar-refractivity contribution in [3.63, 3.8) is 0 Å². The monoisotopic (exact) mass is 360 g/mol. The number of fused-ring (bicyclic) bond motifs is 5. The van der Waals surface area contributed by atoms with E-state index >= 15 is 0 Å². The van der Waals surface area contributed by atoms with Crippen LogP contribution < -0.4 is 5.32 Å². The molecule has 3 aliphatic rings. The molecule has 26 heavy (non-hydrogen) atoms. The van der Waals surface area contributed by atoms with E-state index in [1.165, 1.54) is 10.5 Å². The van der Waals surface area contributed by atoms with Gasteiger partial charge in [0.15, 0.2) is 0 Å². The summed E-state index contributed by atoms with van der Waals surface area (Å²) in [6, 6.07) is 0. The number of hydrogen-bond donors (Lipinski definition) is 1. The highest BCUT2D eigenvalue weighted by Crippen LogP contribution is 2.55. The van der Waals surface area contributed by atoms with E-state index in [1.54, 1.807) is 20.8 Å². The van der Waals surface area contributed by atoms with Gasteiger partial charge in [-0.1, -0.05) is 37.6 Å². The van der Waals surface area contributed by atoms with Crippen LogP contribution in [-0.2, 0) is 14.3 Å². The first-order valence-electron chi connectivity index (χ1n) is 9.32. The van der Waals surface area contributed by atoms with Gasteiger partial charge in [0.1, 0.15) is 5.60 Å². The van der Waals surface area contributed by atoms with Crippen molar-refractivity contribution in [3.8, 4) is 0 Å². The number of hydrogen-bond acceptors (Lipinski definition) is 4. The predicted molar refractivity (Wildman–Crippen MR) is 97.0 cm³/mol. The number of imide groups is 1. The van der Waals surface area contributed by atoms with Gasteiger partial charge in [0, 0.05) is 24.9 Å². The lowest BCUT2D eigenvalue weighted by molar-refractivity contribution is -0.140. The first-order chi connectivity index (χ1) is 12.1. The van der Waals surface area contributed by atoms with Crippen LogP contribution in [0.15, 0.2) is 23.8 Å². The summed E-state index contributed by atoms with van der Waals surface area (Å²) >= 11 is 0. The van der Waals surface area contributed by atoms with Crippen molar-refractivity contribution in [2.45, 2.75) is 40.2 Å². The normalized spacial score (nSPS) is 31.3. The lowest BCUT2D eigenvalue weighted by Gasteiger charge is -2.21. The van der Waals surface area contributed by atoms with Gasteiger partial charge in [-0.3, -0.25) is 14.5 Å². The molecule has 3 rings (SSSR count). The molecule has 0 spiro atoms. The number of rotatable bonds is 4. The van der Waals surface area contributed by atoms with Crippen molar-refractivity contribution >= 4 is 17.9 Å². The molecule has 0 radical (unpaired) electrons. The maximum atomic E-state index is 12.8. The summed E-state index contributed by atoms with van der Waals surface area (Å²) < 4.78 is 5.17. The van der Waals surface area contributed by atoms with Crippen molar-refractivity contribution < 1.29 is 19.1 Å². The van der Waals surface area contributed by atoms with Gasteiger partial charge in [-0.15, -0.1) is 0 Å². The molecule has 1 saturated heterocycles. The first kappa shape index (κ1) is 18.7. The third-order valence-electron chi connectivity index (χ3n) is 5.09. The molecule has 2 bridgehead atoms. The van der Waals surface area contributed by atoms with Crippen molar-refractivity contribution in [2.75, 3.05) is 13.1 Å². The zero-order valence-electron chi connectivity index (χ0n) is 16.1. The van der Waals surface area contributed by atoms with Crippen molar-refractivity contribution in [1.29, 1.82) is 0 Å². The summed E-state index contributed by atoms with van der Waals surface area (Å²) in [7, 11) is 0. The van der Waals surface area contributed by atoms with E-state index in [-0.39, 0.29) is 48.6 Å². The van der Waals surface area contributed by atoms with E-state index in [0.717, 1.165) is 0 Å². The van der Waals surface area contributed by atoms with Crippen LogP contribution in [0.4, 0.5) is 4.79 Å². The van der Waals surface area contributed by atoms with Crippen LogP contribution in [0, 0.1) is 29.6 Å². The molecule has 6 heteroatoms. The van der Waals surface area contributed by atoms with Crippen LogP contribution in [0.3, 0.4) is 0 Å². The molecule has 1 aliphatic heterocycles. The predicted octanol–water partition coefficient (Wildman–Crippen LogP) is 2.51. The van der Waals surface area contributed by atoms with Gasteiger partial charge >= 0.3 is 6.09 Å². The van der Waals surface area contributed by atoms with Crippen LogP contribution in [0.1, 0.15) is 34.6 Å². The molecule has 6 nitrogen and oxygen atoms in total. The van der Waals surface area contributed by atoms with Gasteiger partial charge in [-0.05, 0) is 26.7 Å². The van der Waals surface area contributed by atoms with E-state index in [2.05, 4.69) is 37.4 Å². The smallest absolute Gasteiger partial charge is 0.407 e. The molecule has 0 aromatic rings. The van der Waals surface area contributed by atoms with Crippen molar-refractivity contribution in [1.82, 2.24) is 10.2 Å². The van der Waals surface area contributed by atoms with Gasteiger partial charge in [-0.2, -0.15) is 0 Å². The Hall–Kier alpha value is -2.11. The highest BCUT2D eigenvalue weighted by atomic mass is 16.6. The zero-order chi connectivity index (χ0) is 19.2. The summed E-state index contributed by atoms with van der Waals surface area (Å²) in [5, 5.41) is 2.61. The van der Waals surface area contributed by atoms with Gasteiger partial charge in [0.25, 0.3) is 0 Å². The number of nitrogens with one attached hydrogen (secondary N) is 1. The maximum absolute atomic E-state index is 12.8. The number of likely N-dealkylation sites (tertiary alicyclic amines) is 1. The molecule has 2 unspecified atom stereocenters. The lowest BCUT2D eigenvalue weighted by Crippen LogP contribution is -2.41. The fraction of sp³-hybridized carbons (Fsp3) is 0.650. The number of alkyl carbamates (subject to hydrolysis) is 1. The lowest BCUT2D eigenvalue weighted by atomic mass is 9.85. The Morgan fingerprint density at radius 1 is 1.19 bits per heavy atom. The highest BCUT2D eigenvalue weighted by Gasteiger charge is 2.61. The van der Waals surface area contributed by atoms with E-state index < -0.39 is 11.7 Å². The third kappa shape index (κ3) is 3.29. The third-order valence-corrected chi connectivity index (χ3v) is 5.09. The number of ether oxygens (including phenoxy) is 1. The Balaban J connectivity index is 1.62. The Kier molecular flexibility index (Phi) is 4.71. The quantitative estimate of drug-likeness (QED) is 0.617. The molecule has 2 fully saturated rings. The molecule has 0 aromatic carbocycles. The Morgan fingerprint density at radius 2 is 1.73 bits per heavy atom. The second-order valence-corrected chi connectivity index (χ2v) is 8.66. The number of carbonyl (C=O) groups is 3. The van der Waals surface area contributed by atoms with Crippen LogP contribution in [0.5, 0.6) is 0 Å². The molecule has 4 atom stereocenters. The van der Waals surface area contributed by atoms with E-state index in [1.807, 2.05) is 0 Å². The van der Waals surface area contributed by atoms with E-state index in [0.29, 0.717) is 5.92 Å². The van der Waals surface area contributed by atoms with Gasteiger partial charge in [0.2, 0.25) is 11.8 Å². The Bertz CT molecular complexity index is 652. The van der Waals surface area contributed by atoms with Crippen molar-refractivity contribution in [2.24, 2.45) is 29.6 Å². The number of allylic oxidation sites excluding steroid dienone is 4. The summed E-state index contributed by atoms with van der Waals surface area (Å²) in [4.78, 5) is 38.7. The van der Waals surface area contributed by atoms with E-state index in [9.17, 15) is 14.4 Å². The molecule has 3 amide bonds. The number of nitrogens with zero attached hydrogens (tertiary/aromatic N) is 1. The molecular formula is C20H28N2O4. The second-order valence-electron chi connectivity index (χ2n) is 8.66. The van der Waals surface area contributed by atoms with Crippen LogP contribution in [-0.4, -0.2) is 41.5 Å². The van der Waals surface area contributed by atoms with Crippen LogP contribution in [0.25, 0.3) is 0 Å². The molecule has 1 heterocycles. The number of amides is 3. The maximum Gasteiger partial charge on any atom is 0.407 e. The molecule has 142 valence electrons. The minimum absolute atomic E-state index is 0.0488. The average molecular weight is 360 g/mol. The van der Waals surface area contributed by atoms with E-state index in [4.69, 9.17) is 4.74 Å². The Morgan fingerprint density at radius 3 is 2.19 bits per heavy atom. The van der Waals surface area contributed by atoms with Gasteiger partial charge < -0.3 is 10.1 Å². The first-order valence-corrected chi connectivity index (χ1v) is 9.32. The summed E-state index contributed by atoms with van der Waals surface area (Å²) in [6.07, 6.45) is 5.81. The average Bonchev–Trinajstić information content (AvgIpc) is 3.10. The molecular weight excluding hydrogens is 332 g/mol. The summed E-state index contributed by atoms with van der Waals surface area (Å²) in [5.74, 6) is -0.281. The highest BCUT2D eigenvalue weighted by molar-refractivity contribution is 6.07.